The quantitative estimate of drug-likeness (QED) is 0.775. The van der Waals surface area contributed by atoms with Crippen molar-refractivity contribution in [3.63, 3.8) is 0 Å². The first kappa shape index (κ1) is 12.7. The Morgan fingerprint density at radius 2 is 1.86 bits per heavy atom. The van der Waals surface area contributed by atoms with Crippen molar-refractivity contribution in [2.75, 3.05) is 7.05 Å². The molecule has 2 nitrogen and oxygen atoms in total. The van der Waals surface area contributed by atoms with Crippen molar-refractivity contribution in [3.8, 4) is 0 Å². The molecule has 1 aromatic heterocycles. The van der Waals surface area contributed by atoms with Gasteiger partial charge >= 0.3 is 0 Å². The molecule has 2 aromatic carbocycles. The lowest BCUT2D eigenvalue weighted by molar-refractivity contribution is 0.491. The number of furan rings is 1. The van der Waals surface area contributed by atoms with Gasteiger partial charge in [-0.2, -0.15) is 0 Å². The number of hydrogen-bond acceptors (Lipinski definition) is 2. The van der Waals surface area contributed by atoms with Gasteiger partial charge in [0.25, 0.3) is 0 Å². The molecule has 0 amide bonds. The van der Waals surface area contributed by atoms with Gasteiger partial charge in [0.15, 0.2) is 0 Å². The maximum atomic E-state index is 6.03. The Kier molecular flexibility index (Phi) is 3.04. The van der Waals surface area contributed by atoms with Crippen LogP contribution in [0.2, 0.25) is 0 Å². The summed E-state index contributed by atoms with van der Waals surface area (Å²) < 4.78 is 6.03. The average Bonchev–Trinajstić information content (AvgIpc) is 3.13. The summed E-state index contributed by atoms with van der Waals surface area (Å²) in [5.74, 6) is 0.983. The first-order chi connectivity index (χ1) is 10.3. The highest BCUT2D eigenvalue weighted by atomic mass is 16.3. The number of rotatable bonds is 3. The molecular formula is C19H19NO. The maximum absolute atomic E-state index is 6.03. The van der Waals surface area contributed by atoms with E-state index in [1.165, 1.54) is 36.0 Å². The predicted molar refractivity (Wildman–Crippen MR) is 85.6 cm³/mol. The summed E-state index contributed by atoms with van der Waals surface area (Å²) in [4.78, 5) is 0. The van der Waals surface area contributed by atoms with E-state index in [1.807, 2.05) is 25.2 Å². The first-order valence-corrected chi connectivity index (χ1v) is 7.62. The van der Waals surface area contributed by atoms with Crippen LogP contribution in [0, 0.1) is 0 Å². The average molecular weight is 277 g/mol. The van der Waals surface area contributed by atoms with Crippen molar-refractivity contribution < 1.29 is 4.42 Å². The molecule has 0 saturated carbocycles. The highest BCUT2D eigenvalue weighted by Gasteiger charge is 2.19. The summed E-state index contributed by atoms with van der Waals surface area (Å²) in [6.45, 7) is 0. The number of para-hydroxylation sites is 1. The fourth-order valence-corrected chi connectivity index (χ4v) is 3.39. The van der Waals surface area contributed by atoms with Crippen molar-refractivity contribution in [1.29, 1.82) is 0 Å². The molecule has 0 radical (unpaired) electrons. The second-order valence-corrected chi connectivity index (χ2v) is 5.79. The predicted octanol–water partition coefficient (Wildman–Crippen LogP) is 4.23. The molecule has 0 fully saturated rings. The third-order valence-electron chi connectivity index (χ3n) is 4.47. The summed E-state index contributed by atoms with van der Waals surface area (Å²) in [6.07, 6.45) is 3.72. The minimum atomic E-state index is 0.114. The maximum Gasteiger partial charge on any atom is 0.134 e. The van der Waals surface area contributed by atoms with Crippen LogP contribution in [-0.4, -0.2) is 7.05 Å². The fraction of sp³-hybridized carbons (Fsp3) is 0.263. The molecule has 1 N–H and O–H groups in total. The van der Waals surface area contributed by atoms with Crippen LogP contribution in [0.15, 0.2) is 52.9 Å². The Morgan fingerprint density at radius 1 is 1.00 bits per heavy atom. The van der Waals surface area contributed by atoms with Gasteiger partial charge in [0, 0.05) is 5.39 Å². The SMILES string of the molecule is CNC(c1ccc2c(c1)CCC2)c1cc2ccccc2o1. The van der Waals surface area contributed by atoms with Gasteiger partial charge in [-0.1, -0.05) is 36.4 Å². The smallest absolute Gasteiger partial charge is 0.134 e. The fourth-order valence-electron chi connectivity index (χ4n) is 3.39. The number of benzene rings is 2. The molecule has 1 aliphatic rings. The second-order valence-electron chi connectivity index (χ2n) is 5.79. The van der Waals surface area contributed by atoms with Crippen molar-refractivity contribution >= 4 is 11.0 Å². The van der Waals surface area contributed by atoms with Crippen molar-refractivity contribution in [2.24, 2.45) is 0 Å². The van der Waals surface area contributed by atoms with E-state index in [0.29, 0.717) is 0 Å². The second kappa shape index (κ2) is 5.05. The minimum Gasteiger partial charge on any atom is -0.459 e. The van der Waals surface area contributed by atoms with Crippen LogP contribution in [0.4, 0.5) is 0 Å². The molecule has 2 heteroatoms. The van der Waals surface area contributed by atoms with Gasteiger partial charge in [0.2, 0.25) is 0 Å². The zero-order chi connectivity index (χ0) is 14.2. The Hall–Kier alpha value is -2.06. The van der Waals surface area contributed by atoms with Gasteiger partial charge in [0.1, 0.15) is 11.3 Å². The van der Waals surface area contributed by atoms with Gasteiger partial charge < -0.3 is 9.73 Å². The van der Waals surface area contributed by atoms with Crippen LogP contribution in [0.3, 0.4) is 0 Å². The largest absolute Gasteiger partial charge is 0.459 e. The van der Waals surface area contributed by atoms with Crippen LogP contribution < -0.4 is 5.32 Å². The van der Waals surface area contributed by atoms with Gasteiger partial charge in [-0.25, -0.2) is 0 Å². The summed E-state index contributed by atoms with van der Waals surface area (Å²) in [5.41, 5.74) is 5.26. The van der Waals surface area contributed by atoms with Gasteiger partial charge in [-0.05, 0) is 55.1 Å². The molecule has 4 rings (SSSR count). The number of hydrogen-bond donors (Lipinski definition) is 1. The zero-order valence-electron chi connectivity index (χ0n) is 12.2. The van der Waals surface area contributed by atoms with E-state index in [0.717, 1.165) is 16.7 Å². The zero-order valence-corrected chi connectivity index (χ0v) is 12.2. The van der Waals surface area contributed by atoms with Crippen LogP contribution in [0.1, 0.15) is 34.9 Å². The molecule has 1 aliphatic carbocycles. The lowest BCUT2D eigenvalue weighted by atomic mass is 9.99. The Balaban J connectivity index is 1.77. The van der Waals surface area contributed by atoms with Crippen molar-refractivity contribution in [1.82, 2.24) is 5.32 Å². The molecule has 106 valence electrons. The lowest BCUT2D eigenvalue weighted by Gasteiger charge is -2.15. The molecule has 0 spiro atoms. The Bertz CT molecular complexity index is 754. The normalized spacial score (nSPS) is 15.3. The van der Waals surface area contributed by atoms with E-state index < -0.39 is 0 Å². The number of fused-ring (bicyclic) bond motifs is 2. The Labute approximate surface area is 124 Å². The molecule has 21 heavy (non-hydrogen) atoms. The highest BCUT2D eigenvalue weighted by molar-refractivity contribution is 5.78. The van der Waals surface area contributed by atoms with E-state index >= 15 is 0 Å². The number of aryl methyl sites for hydroxylation is 2. The summed E-state index contributed by atoms with van der Waals surface area (Å²) in [5, 5.41) is 4.55. The standard InChI is InChI=1S/C19H19NO/c1-20-19(16-10-9-13-6-4-7-14(13)11-16)18-12-15-5-2-3-8-17(15)21-18/h2-3,5,8-12,19-20H,4,6-7H2,1H3. The summed E-state index contributed by atoms with van der Waals surface area (Å²) in [6, 6.07) is 17.3. The summed E-state index contributed by atoms with van der Waals surface area (Å²) >= 11 is 0. The van der Waals surface area contributed by atoms with Gasteiger partial charge in [-0.15, -0.1) is 0 Å². The third-order valence-corrected chi connectivity index (χ3v) is 4.47. The van der Waals surface area contributed by atoms with E-state index in [2.05, 4.69) is 35.6 Å². The Morgan fingerprint density at radius 3 is 2.71 bits per heavy atom. The molecule has 3 aromatic rings. The summed E-state index contributed by atoms with van der Waals surface area (Å²) in [7, 11) is 1.99. The van der Waals surface area contributed by atoms with E-state index in [9.17, 15) is 0 Å². The van der Waals surface area contributed by atoms with Crippen LogP contribution in [0.25, 0.3) is 11.0 Å². The van der Waals surface area contributed by atoms with Crippen molar-refractivity contribution in [3.05, 3.63) is 71.0 Å². The highest BCUT2D eigenvalue weighted by Crippen LogP contribution is 2.31. The molecule has 1 unspecified atom stereocenters. The third kappa shape index (κ3) is 2.16. The molecule has 0 saturated heterocycles. The monoisotopic (exact) mass is 277 g/mol. The molecule has 1 atom stereocenters. The molecule has 1 heterocycles. The van der Waals surface area contributed by atoms with Gasteiger partial charge in [0.05, 0.1) is 6.04 Å². The molecular weight excluding hydrogens is 258 g/mol. The molecule has 0 bridgehead atoms. The molecule has 0 aliphatic heterocycles. The number of nitrogens with one attached hydrogen (secondary N) is 1. The van der Waals surface area contributed by atoms with Crippen LogP contribution >= 0.6 is 0 Å². The minimum absolute atomic E-state index is 0.114. The van der Waals surface area contributed by atoms with E-state index in [4.69, 9.17) is 4.42 Å². The van der Waals surface area contributed by atoms with Gasteiger partial charge in [-0.3, -0.25) is 0 Å². The topological polar surface area (TPSA) is 25.2 Å². The first-order valence-electron chi connectivity index (χ1n) is 7.62. The van der Waals surface area contributed by atoms with E-state index in [-0.39, 0.29) is 6.04 Å². The van der Waals surface area contributed by atoms with E-state index in [1.54, 1.807) is 0 Å². The lowest BCUT2D eigenvalue weighted by Crippen LogP contribution is -2.17. The van der Waals surface area contributed by atoms with Crippen LogP contribution in [-0.2, 0) is 12.8 Å². The van der Waals surface area contributed by atoms with Crippen molar-refractivity contribution in [2.45, 2.75) is 25.3 Å². The van der Waals surface area contributed by atoms with Crippen LogP contribution in [0.5, 0.6) is 0 Å².